The molecule has 0 fully saturated rings. The molecule has 0 radical (unpaired) electrons. The lowest BCUT2D eigenvalue weighted by atomic mass is 10.1. The second kappa shape index (κ2) is 11.2. The maximum atomic E-state index is 11.4. The number of ketones is 2. The van der Waals surface area contributed by atoms with Crippen molar-refractivity contribution in [2.45, 2.75) is 46.0 Å². The number of hydrogen-bond donors (Lipinski definition) is 0. The van der Waals surface area contributed by atoms with Gasteiger partial charge < -0.3 is 0 Å². The summed E-state index contributed by atoms with van der Waals surface area (Å²) in [5.41, 5.74) is 1.31. The summed E-state index contributed by atoms with van der Waals surface area (Å²) in [4.78, 5) is 30.4. The van der Waals surface area contributed by atoms with Crippen molar-refractivity contribution >= 4 is 11.6 Å². The largest absolute Gasteiger partial charge is 0.294 e. The van der Waals surface area contributed by atoms with E-state index in [1.807, 2.05) is 25.1 Å². The molecule has 2 rings (SSSR count). The van der Waals surface area contributed by atoms with Gasteiger partial charge in [0.15, 0.2) is 11.6 Å². The Kier molecular flexibility index (Phi) is 9.13. The van der Waals surface area contributed by atoms with Crippen molar-refractivity contribution < 1.29 is 9.59 Å². The molecule has 0 aliphatic rings. The molecular weight excluding hydrogens is 288 g/mol. The van der Waals surface area contributed by atoms with E-state index in [1.54, 1.807) is 30.7 Å². The van der Waals surface area contributed by atoms with Crippen molar-refractivity contribution in [1.82, 2.24) is 9.97 Å². The SMILES string of the molecule is CCCC(=O)c1ccccn1.CCCCC(=O)c1cccnc1. The first-order chi connectivity index (χ1) is 11.2. The molecule has 122 valence electrons. The van der Waals surface area contributed by atoms with E-state index in [0.29, 0.717) is 18.5 Å². The van der Waals surface area contributed by atoms with Gasteiger partial charge in [-0.15, -0.1) is 0 Å². The number of rotatable bonds is 7. The zero-order valence-electron chi connectivity index (χ0n) is 13.9. The van der Waals surface area contributed by atoms with Crippen molar-refractivity contribution in [2.24, 2.45) is 0 Å². The maximum absolute atomic E-state index is 11.4. The molecule has 0 saturated heterocycles. The highest BCUT2D eigenvalue weighted by Gasteiger charge is 2.03. The van der Waals surface area contributed by atoms with Crippen LogP contribution in [0.15, 0.2) is 48.9 Å². The van der Waals surface area contributed by atoms with Crippen molar-refractivity contribution in [3.63, 3.8) is 0 Å². The van der Waals surface area contributed by atoms with Crippen LogP contribution in [0.25, 0.3) is 0 Å². The second-order valence-corrected chi connectivity index (χ2v) is 5.16. The summed E-state index contributed by atoms with van der Waals surface area (Å²) in [5, 5.41) is 0. The molecule has 0 aliphatic heterocycles. The molecule has 4 nitrogen and oxygen atoms in total. The van der Waals surface area contributed by atoms with Crippen LogP contribution in [-0.4, -0.2) is 21.5 Å². The van der Waals surface area contributed by atoms with Crippen LogP contribution in [0.3, 0.4) is 0 Å². The summed E-state index contributed by atoms with van der Waals surface area (Å²) in [6.45, 7) is 4.07. The normalized spacial score (nSPS) is 9.65. The quantitative estimate of drug-likeness (QED) is 0.705. The van der Waals surface area contributed by atoms with Crippen LogP contribution in [0.1, 0.15) is 66.8 Å². The van der Waals surface area contributed by atoms with E-state index in [4.69, 9.17) is 0 Å². The first kappa shape index (κ1) is 18.7. The monoisotopic (exact) mass is 312 g/mol. The number of Topliss-reactive ketones (excluding diaryl/α,β-unsaturated/α-hetero) is 2. The van der Waals surface area contributed by atoms with E-state index in [1.165, 1.54) is 0 Å². The van der Waals surface area contributed by atoms with Gasteiger partial charge in [0, 0.05) is 37.0 Å². The average Bonchev–Trinajstić information content (AvgIpc) is 2.62. The third-order valence-electron chi connectivity index (χ3n) is 3.17. The molecule has 0 aliphatic carbocycles. The van der Waals surface area contributed by atoms with Gasteiger partial charge >= 0.3 is 0 Å². The summed E-state index contributed by atoms with van der Waals surface area (Å²) in [6.07, 6.45) is 9.09. The van der Waals surface area contributed by atoms with Gasteiger partial charge in [-0.1, -0.05) is 26.3 Å². The lowest BCUT2D eigenvalue weighted by Crippen LogP contribution is -1.99. The second-order valence-electron chi connectivity index (χ2n) is 5.16. The molecule has 0 atom stereocenters. The smallest absolute Gasteiger partial charge is 0.181 e. The number of pyridine rings is 2. The van der Waals surface area contributed by atoms with Gasteiger partial charge in [-0.3, -0.25) is 19.6 Å². The van der Waals surface area contributed by atoms with Crippen LogP contribution in [0.4, 0.5) is 0 Å². The summed E-state index contributed by atoms with van der Waals surface area (Å²) >= 11 is 0. The zero-order chi connectivity index (χ0) is 16.9. The first-order valence-electron chi connectivity index (χ1n) is 8.06. The number of carbonyl (C=O) groups excluding carboxylic acids is 2. The molecule has 23 heavy (non-hydrogen) atoms. The van der Waals surface area contributed by atoms with Gasteiger partial charge in [-0.25, -0.2) is 0 Å². The fourth-order valence-corrected chi connectivity index (χ4v) is 1.89. The lowest BCUT2D eigenvalue weighted by molar-refractivity contribution is 0.0970. The Morgan fingerprint density at radius 3 is 2.30 bits per heavy atom. The molecule has 0 saturated carbocycles. The molecule has 0 amide bonds. The predicted octanol–water partition coefficient (Wildman–Crippen LogP) is 4.52. The summed E-state index contributed by atoms with van der Waals surface area (Å²) in [5.74, 6) is 0.332. The molecule has 0 spiro atoms. The van der Waals surface area contributed by atoms with Crippen molar-refractivity contribution in [3.8, 4) is 0 Å². The van der Waals surface area contributed by atoms with Gasteiger partial charge in [-0.05, 0) is 37.1 Å². The Balaban J connectivity index is 0.000000231. The molecule has 0 aromatic carbocycles. The highest BCUT2D eigenvalue weighted by atomic mass is 16.1. The van der Waals surface area contributed by atoms with E-state index in [0.717, 1.165) is 24.8 Å². The number of unbranched alkanes of at least 4 members (excludes halogenated alkanes) is 1. The van der Waals surface area contributed by atoms with Crippen LogP contribution in [0.2, 0.25) is 0 Å². The van der Waals surface area contributed by atoms with Gasteiger partial charge in [0.2, 0.25) is 0 Å². The van der Waals surface area contributed by atoms with Crippen LogP contribution in [-0.2, 0) is 0 Å². The molecule has 2 aromatic heterocycles. The van der Waals surface area contributed by atoms with Crippen molar-refractivity contribution in [3.05, 3.63) is 60.2 Å². The minimum Gasteiger partial charge on any atom is -0.294 e. The molecule has 0 bridgehead atoms. The van der Waals surface area contributed by atoms with Gasteiger partial charge in [0.25, 0.3) is 0 Å². The Morgan fingerprint density at radius 2 is 1.74 bits per heavy atom. The minimum atomic E-state index is 0.133. The molecule has 4 heteroatoms. The highest BCUT2D eigenvalue weighted by Crippen LogP contribution is 2.04. The lowest BCUT2D eigenvalue weighted by Gasteiger charge is -1.97. The average molecular weight is 312 g/mol. The third kappa shape index (κ3) is 7.45. The highest BCUT2D eigenvalue weighted by molar-refractivity contribution is 5.95. The molecule has 0 unspecified atom stereocenters. The van der Waals surface area contributed by atoms with Crippen LogP contribution in [0.5, 0.6) is 0 Å². The summed E-state index contributed by atoms with van der Waals surface area (Å²) in [6, 6.07) is 8.99. The maximum Gasteiger partial charge on any atom is 0.181 e. The Labute approximate surface area is 138 Å². The summed E-state index contributed by atoms with van der Waals surface area (Å²) in [7, 11) is 0. The first-order valence-corrected chi connectivity index (χ1v) is 8.06. The summed E-state index contributed by atoms with van der Waals surface area (Å²) < 4.78 is 0. The van der Waals surface area contributed by atoms with Crippen LogP contribution in [0, 0.1) is 0 Å². The predicted molar refractivity (Wildman–Crippen MR) is 91.6 cm³/mol. The third-order valence-corrected chi connectivity index (χ3v) is 3.17. The molecule has 2 heterocycles. The number of nitrogens with zero attached hydrogens (tertiary/aromatic N) is 2. The van der Waals surface area contributed by atoms with Gasteiger partial charge in [0.1, 0.15) is 5.69 Å². The minimum absolute atomic E-state index is 0.133. The Morgan fingerprint density at radius 1 is 0.913 bits per heavy atom. The zero-order valence-corrected chi connectivity index (χ0v) is 13.9. The molecule has 0 N–H and O–H groups in total. The van der Waals surface area contributed by atoms with Gasteiger partial charge in [0.05, 0.1) is 0 Å². The van der Waals surface area contributed by atoms with E-state index in [9.17, 15) is 9.59 Å². The number of hydrogen-bond acceptors (Lipinski definition) is 4. The fraction of sp³-hybridized carbons (Fsp3) is 0.368. The van der Waals surface area contributed by atoms with Crippen molar-refractivity contribution in [2.75, 3.05) is 0 Å². The standard InChI is InChI=1S/C10H13NO.C9H11NO/c1-2-3-6-10(12)9-5-4-7-11-8-9;1-2-5-9(11)8-6-3-4-7-10-8/h4-5,7-8H,2-3,6H2,1H3;3-4,6-7H,2,5H2,1H3. The Bertz CT molecular complexity index is 583. The molecule has 2 aromatic rings. The number of carbonyl (C=O) groups is 2. The van der Waals surface area contributed by atoms with E-state index >= 15 is 0 Å². The van der Waals surface area contributed by atoms with Crippen molar-refractivity contribution in [1.29, 1.82) is 0 Å². The van der Waals surface area contributed by atoms with E-state index in [2.05, 4.69) is 16.9 Å². The Hall–Kier alpha value is -2.36. The van der Waals surface area contributed by atoms with Crippen LogP contribution < -0.4 is 0 Å². The van der Waals surface area contributed by atoms with Crippen LogP contribution >= 0.6 is 0 Å². The topological polar surface area (TPSA) is 59.9 Å². The molecular formula is C19H24N2O2. The number of aromatic nitrogens is 2. The fourth-order valence-electron chi connectivity index (χ4n) is 1.89. The van der Waals surface area contributed by atoms with E-state index < -0.39 is 0 Å². The van der Waals surface area contributed by atoms with E-state index in [-0.39, 0.29) is 11.6 Å². The van der Waals surface area contributed by atoms with Gasteiger partial charge in [-0.2, -0.15) is 0 Å².